The zero-order valence-electron chi connectivity index (χ0n) is 5.55. The number of thiazole rings is 1. The van der Waals surface area contributed by atoms with Crippen molar-refractivity contribution in [1.82, 2.24) is 4.98 Å². The molecule has 1 aromatic rings. The van der Waals surface area contributed by atoms with E-state index in [2.05, 4.69) is 18.2 Å². The molecule has 0 aromatic carbocycles. The monoisotopic (exact) mass is 159 g/mol. The third-order valence-corrected chi connectivity index (χ3v) is 2.96. The maximum absolute atomic E-state index is 4.19. The van der Waals surface area contributed by atoms with Crippen LogP contribution in [0.5, 0.6) is 0 Å². The van der Waals surface area contributed by atoms with Gasteiger partial charge in [0.2, 0.25) is 0 Å². The molecular weight excluding hydrogens is 150 g/mol. The second-order valence-electron chi connectivity index (χ2n) is 1.64. The molecule has 0 spiro atoms. The number of aryl methyl sites for hydroxylation is 1. The molecule has 0 bridgehead atoms. The van der Waals surface area contributed by atoms with E-state index >= 15 is 0 Å². The van der Waals surface area contributed by atoms with Gasteiger partial charge < -0.3 is 0 Å². The first-order chi connectivity index (χ1) is 4.38. The van der Waals surface area contributed by atoms with E-state index in [9.17, 15) is 0 Å². The van der Waals surface area contributed by atoms with Crippen molar-refractivity contribution < 1.29 is 0 Å². The number of hydrogen-bond donors (Lipinski definition) is 0. The summed E-state index contributed by atoms with van der Waals surface area (Å²) in [5.41, 5.74) is 1.91. The molecule has 1 heterocycles. The van der Waals surface area contributed by atoms with Gasteiger partial charge in [0.1, 0.15) is 5.03 Å². The van der Waals surface area contributed by atoms with Crippen LogP contribution < -0.4 is 0 Å². The molecule has 1 aromatic heterocycles. The van der Waals surface area contributed by atoms with E-state index in [0.29, 0.717) is 0 Å². The van der Waals surface area contributed by atoms with Crippen molar-refractivity contribution in [2.24, 2.45) is 0 Å². The lowest BCUT2D eigenvalue weighted by Crippen LogP contribution is -1.75. The molecule has 0 unspecified atom stereocenters. The van der Waals surface area contributed by atoms with Crippen molar-refractivity contribution >= 4 is 23.1 Å². The molecule has 1 nitrogen and oxygen atoms in total. The summed E-state index contributed by atoms with van der Waals surface area (Å²) in [5.74, 6) is 0. The second kappa shape index (κ2) is 3.22. The highest BCUT2D eigenvalue weighted by Crippen LogP contribution is 2.21. The SMILES string of the molecule is CCc1scnc1SC. The topological polar surface area (TPSA) is 12.9 Å². The Labute approximate surface area is 63.5 Å². The van der Waals surface area contributed by atoms with E-state index in [1.165, 1.54) is 9.90 Å². The smallest absolute Gasteiger partial charge is 0.110 e. The van der Waals surface area contributed by atoms with E-state index in [-0.39, 0.29) is 0 Å². The largest absolute Gasteiger partial charge is 0.238 e. The quantitative estimate of drug-likeness (QED) is 0.615. The van der Waals surface area contributed by atoms with Gasteiger partial charge in [-0.05, 0) is 12.7 Å². The zero-order chi connectivity index (χ0) is 6.69. The van der Waals surface area contributed by atoms with Crippen molar-refractivity contribution in [3.8, 4) is 0 Å². The molecule has 0 aliphatic rings. The molecule has 50 valence electrons. The highest BCUT2D eigenvalue weighted by Gasteiger charge is 1.99. The Morgan fingerprint density at radius 1 is 1.78 bits per heavy atom. The van der Waals surface area contributed by atoms with Gasteiger partial charge in [-0.1, -0.05) is 6.92 Å². The molecule has 0 saturated carbocycles. The van der Waals surface area contributed by atoms with Crippen LogP contribution in [-0.2, 0) is 6.42 Å². The van der Waals surface area contributed by atoms with Crippen LogP contribution in [0.2, 0.25) is 0 Å². The van der Waals surface area contributed by atoms with Crippen LogP contribution in [0, 0.1) is 0 Å². The molecule has 1 rings (SSSR count). The van der Waals surface area contributed by atoms with Crippen molar-refractivity contribution in [1.29, 1.82) is 0 Å². The van der Waals surface area contributed by atoms with Gasteiger partial charge in [0, 0.05) is 4.88 Å². The minimum Gasteiger partial charge on any atom is -0.238 e. The Bertz CT molecular complexity index is 164. The Kier molecular flexibility index (Phi) is 2.54. The predicted molar refractivity (Wildman–Crippen MR) is 43.3 cm³/mol. The Morgan fingerprint density at radius 2 is 2.56 bits per heavy atom. The molecule has 0 amide bonds. The molecule has 9 heavy (non-hydrogen) atoms. The molecule has 0 atom stereocenters. The van der Waals surface area contributed by atoms with Gasteiger partial charge in [0.15, 0.2) is 0 Å². The van der Waals surface area contributed by atoms with Gasteiger partial charge in [-0.3, -0.25) is 0 Å². The number of hydrogen-bond acceptors (Lipinski definition) is 3. The van der Waals surface area contributed by atoms with E-state index in [1.807, 2.05) is 5.51 Å². The highest BCUT2D eigenvalue weighted by atomic mass is 32.2. The molecule has 0 aliphatic heterocycles. The van der Waals surface area contributed by atoms with Crippen LogP contribution in [0.3, 0.4) is 0 Å². The first-order valence-electron chi connectivity index (χ1n) is 2.84. The number of aromatic nitrogens is 1. The molecule has 0 fully saturated rings. The average Bonchev–Trinajstić information content (AvgIpc) is 2.33. The lowest BCUT2D eigenvalue weighted by Gasteiger charge is -1.90. The molecule has 0 aliphatic carbocycles. The van der Waals surface area contributed by atoms with Gasteiger partial charge in [-0.25, -0.2) is 4.98 Å². The lowest BCUT2D eigenvalue weighted by atomic mass is 10.4. The predicted octanol–water partition coefficient (Wildman–Crippen LogP) is 2.43. The average molecular weight is 159 g/mol. The summed E-state index contributed by atoms with van der Waals surface area (Å²) in [6.07, 6.45) is 3.18. The maximum Gasteiger partial charge on any atom is 0.110 e. The summed E-state index contributed by atoms with van der Waals surface area (Å²) < 4.78 is 0. The molecule has 0 radical (unpaired) electrons. The van der Waals surface area contributed by atoms with Gasteiger partial charge in [0.25, 0.3) is 0 Å². The summed E-state index contributed by atoms with van der Waals surface area (Å²) in [6.45, 7) is 2.16. The fourth-order valence-electron chi connectivity index (χ4n) is 0.661. The first kappa shape index (κ1) is 7.09. The molecular formula is C6H9NS2. The fraction of sp³-hybridized carbons (Fsp3) is 0.500. The summed E-state index contributed by atoms with van der Waals surface area (Å²) in [6, 6.07) is 0. The Morgan fingerprint density at radius 3 is 3.00 bits per heavy atom. The number of thioether (sulfide) groups is 1. The van der Waals surface area contributed by atoms with Crippen LogP contribution >= 0.6 is 23.1 Å². The maximum atomic E-state index is 4.19. The van der Waals surface area contributed by atoms with Gasteiger partial charge >= 0.3 is 0 Å². The van der Waals surface area contributed by atoms with E-state index in [0.717, 1.165) is 6.42 Å². The first-order valence-corrected chi connectivity index (χ1v) is 4.95. The van der Waals surface area contributed by atoms with Crippen molar-refractivity contribution in [3.63, 3.8) is 0 Å². The zero-order valence-corrected chi connectivity index (χ0v) is 7.18. The lowest BCUT2D eigenvalue weighted by molar-refractivity contribution is 1.07. The van der Waals surface area contributed by atoms with Crippen LogP contribution in [-0.4, -0.2) is 11.2 Å². The summed E-state index contributed by atoms with van der Waals surface area (Å²) >= 11 is 3.47. The second-order valence-corrected chi connectivity index (χ2v) is 3.37. The van der Waals surface area contributed by atoms with Gasteiger partial charge in [-0.2, -0.15) is 0 Å². The minimum absolute atomic E-state index is 1.11. The van der Waals surface area contributed by atoms with E-state index in [4.69, 9.17) is 0 Å². The van der Waals surface area contributed by atoms with Gasteiger partial charge in [-0.15, -0.1) is 23.1 Å². The normalized spacial score (nSPS) is 10.0. The van der Waals surface area contributed by atoms with Crippen molar-refractivity contribution in [2.45, 2.75) is 18.4 Å². The van der Waals surface area contributed by atoms with Gasteiger partial charge in [0.05, 0.1) is 5.51 Å². The fourth-order valence-corrected chi connectivity index (χ4v) is 2.26. The van der Waals surface area contributed by atoms with Crippen molar-refractivity contribution in [2.75, 3.05) is 6.26 Å². The molecule has 0 saturated heterocycles. The molecule has 3 heteroatoms. The van der Waals surface area contributed by atoms with Crippen LogP contribution in [0.25, 0.3) is 0 Å². The summed E-state index contributed by atoms with van der Waals surface area (Å²) in [5, 5.41) is 1.20. The van der Waals surface area contributed by atoms with Crippen molar-refractivity contribution in [3.05, 3.63) is 10.4 Å². The number of rotatable bonds is 2. The molecule has 0 N–H and O–H groups in total. The van der Waals surface area contributed by atoms with E-state index in [1.54, 1.807) is 23.1 Å². The van der Waals surface area contributed by atoms with Crippen LogP contribution in [0.15, 0.2) is 10.5 Å². The summed E-state index contributed by atoms with van der Waals surface area (Å²) in [7, 11) is 0. The Balaban J connectivity index is 2.85. The van der Waals surface area contributed by atoms with Crippen LogP contribution in [0.1, 0.15) is 11.8 Å². The third kappa shape index (κ3) is 1.46. The van der Waals surface area contributed by atoms with Crippen LogP contribution in [0.4, 0.5) is 0 Å². The Hall–Kier alpha value is -0.0200. The third-order valence-electron chi connectivity index (χ3n) is 1.12. The van der Waals surface area contributed by atoms with E-state index < -0.39 is 0 Å². The highest BCUT2D eigenvalue weighted by molar-refractivity contribution is 7.98. The summed E-state index contributed by atoms with van der Waals surface area (Å²) in [4.78, 5) is 5.59. The minimum atomic E-state index is 1.11. The standard InChI is InChI=1S/C6H9NS2/c1-3-5-6(8-2)7-4-9-5/h4H,3H2,1-2H3. The number of nitrogens with zero attached hydrogens (tertiary/aromatic N) is 1.